The first kappa shape index (κ1) is 26.1. The monoisotopic (exact) mass is 536 g/mol. The quantitative estimate of drug-likeness (QED) is 0.168. The van der Waals surface area contributed by atoms with Gasteiger partial charge in [0.05, 0.1) is 12.9 Å². The lowest BCUT2D eigenvalue weighted by molar-refractivity contribution is -0.0503. The summed E-state index contributed by atoms with van der Waals surface area (Å²) in [5.41, 5.74) is 6.03. The highest BCUT2D eigenvalue weighted by molar-refractivity contribution is 7.66. The molecule has 3 heterocycles. The topological polar surface area (TPSA) is 291 Å². The lowest BCUT2D eigenvalue weighted by atomic mass is 10.1. The minimum atomic E-state index is -5.71. The molecule has 0 amide bonds. The number of imidazole rings is 1. The van der Waals surface area contributed by atoms with Crippen molar-refractivity contribution >= 4 is 46.4 Å². The third kappa shape index (κ3) is 6.12. The van der Waals surface area contributed by atoms with Gasteiger partial charge in [0.25, 0.3) is 0 Å². The molecule has 186 valence electrons. The number of phosphoric acid groups is 3. The minimum absolute atomic E-state index is 0.122. The number of nitrogens with zero attached hydrogens (tertiary/aromatic N) is 4. The van der Waals surface area contributed by atoms with E-state index in [4.69, 9.17) is 25.2 Å². The Bertz CT molecular complexity index is 1170. The van der Waals surface area contributed by atoms with Crippen LogP contribution in [0.5, 0.6) is 0 Å². The van der Waals surface area contributed by atoms with Gasteiger partial charge < -0.3 is 45.6 Å². The zero-order valence-electron chi connectivity index (χ0n) is 16.3. The SMILES string of the molecule is CNc1nc(N)nc2c1ncn2[C@@H]1O[C@H](COP(=O)(O)OP(=O)(O)OP(=O)(O)O)C(O)[C@@H]1O. The van der Waals surface area contributed by atoms with Crippen LogP contribution in [0.4, 0.5) is 11.8 Å². The number of anilines is 2. The zero-order valence-corrected chi connectivity index (χ0v) is 19.0. The Morgan fingerprint density at radius 3 is 2.39 bits per heavy atom. The summed E-state index contributed by atoms with van der Waals surface area (Å²) in [6.45, 7) is -0.968. The maximum atomic E-state index is 11.8. The molecular formula is C11H19N6O13P3. The van der Waals surface area contributed by atoms with Crippen LogP contribution >= 0.6 is 23.5 Å². The first-order valence-corrected chi connectivity index (χ1v) is 13.1. The number of ether oxygens (including phenoxy) is 1. The van der Waals surface area contributed by atoms with Crippen LogP contribution in [-0.4, -0.2) is 81.3 Å². The zero-order chi connectivity index (χ0) is 24.8. The number of hydrogen-bond acceptors (Lipinski definition) is 14. The Balaban J connectivity index is 1.73. The van der Waals surface area contributed by atoms with Crippen molar-refractivity contribution in [2.45, 2.75) is 24.5 Å². The predicted octanol–water partition coefficient (Wildman–Crippen LogP) is -1.59. The van der Waals surface area contributed by atoms with Crippen LogP contribution in [0.1, 0.15) is 6.23 Å². The molecule has 1 aliphatic heterocycles. The van der Waals surface area contributed by atoms with Crippen molar-refractivity contribution in [3.63, 3.8) is 0 Å². The van der Waals surface area contributed by atoms with Crippen molar-refractivity contribution in [3.8, 4) is 0 Å². The van der Waals surface area contributed by atoms with E-state index < -0.39 is 54.6 Å². The summed E-state index contributed by atoms with van der Waals surface area (Å²) in [4.78, 5) is 47.8. The van der Waals surface area contributed by atoms with Crippen LogP contribution < -0.4 is 11.1 Å². The van der Waals surface area contributed by atoms with Crippen LogP contribution in [0.15, 0.2) is 6.33 Å². The second-order valence-electron chi connectivity index (χ2n) is 6.44. The highest BCUT2D eigenvalue weighted by Gasteiger charge is 2.47. The van der Waals surface area contributed by atoms with Gasteiger partial charge in [0, 0.05) is 7.05 Å². The van der Waals surface area contributed by atoms with Crippen LogP contribution in [0.25, 0.3) is 11.2 Å². The van der Waals surface area contributed by atoms with Crippen molar-refractivity contribution in [3.05, 3.63) is 6.33 Å². The van der Waals surface area contributed by atoms with Gasteiger partial charge in [-0.3, -0.25) is 9.09 Å². The highest BCUT2D eigenvalue weighted by Crippen LogP contribution is 2.66. The number of nitrogens with two attached hydrogens (primary N) is 1. The summed E-state index contributed by atoms with van der Waals surface area (Å²) in [6, 6.07) is 0. The molecule has 3 rings (SSSR count). The lowest BCUT2D eigenvalue weighted by Crippen LogP contribution is -2.33. The molecule has 0 bridgehead atoms. The van der Waals surface area contributed by atoms with Gasteiger partial charge in [-0.15, -0.1) is 0 Å². The van der Waals surface area contributed by atoms with Gasteiger partial charge in [-0.25, -0.2) is 18.7 Å². The molecule has 19 nitrogen and oxygen atoms in total. The molecule has 0 aliphatic carbocycles. The standard InChI is InChI=1S/C11H19N6O13P3/c1-13-8-5-9(16-11(12)15-8)17(3-14-5)10-7(19)6(18)4(28-10)2-27-32(23,24)30-33(25,26)29-31(20,21)22/h3-4,6-7,10,18-19H,2H2,1H3,(H,23,24)(H,25,26)(H2,20,21,22)(H3,12,13,15,16)/t4-,6?,7+,10-/m1/s1. The normalized spacial score (nSPS) is 27.4. The van der Waals surface area contributed by atoms with Gasteiger partial charge in [-0.2, -0.15) is 18.6 Å². The summed E-state index contributed by atoms with van der Waals surface area (Å²) in [5, 5.41) is 23.4. The van der Waals surface area contributed by atoms with E-state index in [1.165, 1.54) is 10.9 Å². The van der Waals surface area contributed by atoms with Crippen molar-refractivity contribution < 1.29 is 61.4 Å². The van der Waals surface area contributed by atoms with E-state index in [1.54, 1.807) is 7.05 Å². The van der Waals surface area contributed by atoms with E-state index >= 15 is 0 Å². The Morgan fingerprint density at radius 2 is 1.79 bits per heavy atom. The number of fused-ring (bicyclic) bond motifs is 1. The molecule has 9 N–H and O–H groups in total. The molecule has 1 saturated heterocycles. The number of aliphatic hydroxyl groups is 2. The number of aromatic nitrogens is 4. The van der Waals surface area contributed by atoms with E-state index in [0.717, 1.165) is 0 Å². The number of nitrogen functional groups attached to an aromatic ring is 1. The molecule has 1 aliphatic rings. The van der Waals surface area contributed by atoms with E-state index in [1.807, 2.05) is 0 Å². The molecule has 0 spiro atoms. The fourth-order valence-corrected chi connectivity index (χ4v) is 5.89. The van der Waals surface area contributed by atoms with Crippen LogP contribution in [-0.2, 0) is 31.6 Å². The number of hydrogen-bond donors (Lipinski definition) is 8. The number of phosphoric ester groups is 1. The fourth-order valence-electron chi connectivity index (χ4n) is 2.86. The summed E-state index contributed by atoms with van der Waals surface area (Å²) < 4.78 is 52.1. The van der Waals surface area contributed by atoms with Crippen molar-refractivity contribution in [1.82, 2.24) is 19.5 Å². The molecule has 2 aromatic heterocycles. The largest absolute Gasteiger partial charge is 0.490 e. The third-order valence-corrected chi connectivity index (χ3v) is 7.91. The first-order chi connectivity index (χ1) is 15.1. The number of nitrogens with one attached hydrogen (secondary N) is 1. The van der Waals surface area contributed by atoms with E-state index in [2.05, 4.69) is 33.4 Å². The van der Waals surface area contributed by atoms with Crippen molar-refractivity contribution in [2.24, 2.45) is 0 Å². The van der Waals surface area contributed by atoms with Gasteiger partial charge in [-0.1, -0.05) is 0 Å². The van der Waals surface area contributed by atoms with Crippen LogP contribution in [0.2, 0.25) is 0 Å². The van der Waals surface area contributed by atoms with E-state index in [0.29, 0.717) is 0 Å². The number of aliphatic hydroxyl groups excluding tert-OH is 2. The second-order valence-corrected chi connectivity index (χ2v) is 10.9. The van der Waals surface area contributed by atoms with Gasteiger partial charge in [0.2, 0.25) is 5.95 Å². The lowest BCUT2D eigenvalue weighted by Gasteiger charge is -2.19. The first-order valence-electron chi connectivity index (χ1n) is 8.60. The van der Waals surface area contributed by atoms with Gasteiger partial charge in [0.15, 0.2) is 23.2 Å². The summed E-state index contributed by atoms with van der Waals surface area (Å²) in [6.07, 6.45) is -4.90. The molecule has 0 saturated carbocycles. The van der Waals surface area contributed by atoms with Gasteiger partial charge >= 0.3 is 23.5 Å². The molecule has 3 unspecified atom stereocenters. The Morgan fingerprint density at radius 1 is 1.12 bits per heavy atom. The fraction of sp³-hybridized carbons (Fsp3) is 0.545. The molecular weight excluding hydrogens is 517 g/mol. The maximum Gasteiger partial charge on any atom is 0.490 e. The Labute approximate surface area is 183 Å². The highest BCUT2D eigenvalue weighted by atomic mass is 31.3. The van der Waals surface area contributed by atoms with Crippen molar-refractivity contribution in [2.75, 3.05) is 24.7 Å². The molecule has 6 atom stereocenters. The van der Waals surface area contributed by atoms with Crippen LogP contribution in [0.3, 0.4) is 0 Å². The maximum absolute atomic E-state index is 11.8. The van der Waals surface area contributed by atoms with E-state index in [9.17, 15) is 28.8 Å². The van der Waals surface area contributed by atoms with Gasteiger partial charge in [0.1, 0.15) is 18.3 Å². The summed E-state index contributed by atoms with van der Waals surface area (Å²) in [7, 11) is -15.2. The average Bonchev–Trinajstić information content (AvgIpc) is 3.18. The van der Waals surface area contributed by atoms with Gasteiger partial charge in [-0.05, 0) is 0 Å². The Kier molecular flexibility index (Phi) is 7.29. The summed E-state index contributed by atoms with van der Waals surface area (Å²) in [5.74, 6) is 0.138. The van der Waals surface area contributed by atoms with E-state index in [-0.39, 0.29) is 22.9 Å². The molecule has 1 fully saturated rings. The van der Waals surface area contributed by atoms with Crippen LogP contribution in [0, 0.1) is 0 Å². The smallest absolute Gasteiger partial charge is 0.387 e. The molecule has 0 aromatic carbocycles. The van der Waals surface area contributed by atoms with Crippen molar-refractivity contribution in [1.29, 1.82) is 0 Å². The molecule has 0 radical (unpaired) electrons. The minimum Gasteiger partial charge on any atom is -0.387 e. The molecule has 2 aromatic rings. The average molecular weight is 536 g/mol. The summed E-state index contributed by atoms with van der Waals surface area (Å²) >= 11 is 0. The third-order valence-electron chi connectivity index (χ3n) is 4.10. The molecule has 22 heteroatoms. The second kappa shape index (κ2) is 9.24. The number of rotatable bonds is 9. The predicted molar refractivity (Wildman–Crippen MR) is 105 cm³/mol. The molecule has 33 heavy (non-hydrogen) atoms. The Hall–Kier alpha value is -1.56.